The third-order valence-electron chi connectivity index (χ3n) is 6.45. The molecule has 0 aliphatic heterocycles. The van der Waals surface area contributed by atoms with Crippen molar-refractivity contribution in [3.63, 3.8) is 0 Å². The van der Waals surface area contributed by atoms with Crippen molar-refractivity contribution in [3.05, 3.63) is 107 Å². The number of carboxylic acids is 1. The zero-order valence-corrected chi connectivity index (χ0v) is 23.4. The quantitative estimate of drug-likeness (QED) is 0.121. The topological polar surface area (TPSA) is 196 Å². The molecule has 0 spiro atoms. The van der Waals surface area contributed by atoms with E-state index in [-0.39, 0.29) is 29.5 Å². The Morgan fingerprint density at radius 2 is 1.23 bits per heavy atom. The largest absolute Gasteiger partial charge is 0.477 e. The molecule has 7 N–H and O–H groups in total. The summed E-state index contributed by atoms with van der Waals surface area (Å²) in [5, 5.41) is 13.6. The highest BCUT2D eigenvalue weighted by atomic mass is 31.2. The van der Waals surface area contributed by atoms with Gasteiger partial charge in [0.05, 0.1) is 0 Å². The van der Waals surface area contributed by atoms with E-state index in [2.05, 4.69) is 10.6 Å². The number of nitrogens with two attached hydrogens (primary N) is 1. The van der Waals surface area contributed by atoms with Crippen LogP contribution in [-0.4, -0.2) is 50.7 Å². The summed E-state index contributed by atoms with van der Waals surface area (Å²) in [5.41, 5.74) is -0.247. The second-order valence-electron chi connectivity index (χ2n) is 9.62. The lowest BCUT2D eigenvalue weighted by Gasteiger charge is -2.23. The number of hydrogen-bond donors (Lipinski definition) is 6. The van der Waals surface area contributed by atoms with Crippen LogP contribution in [0.15, 0.2) is 78.9 Å². The number of rotatable bonds is 13. The first-order valence-electron chi connectivity index (χ1n) is 12.6. The Balaban J connectivity index is 1.83. The maximum absolute atomic E-state index is 14.0. The average molecular weight is 639 g/mol. The summed E-state index contributed by atoms with van der Waals surface area (Å²) in [4.78, 5) is 67.0. The van der Waals surface area contributed by atoms with Gasteiger partial charge in [0.25, 0.3) is 5.91 Å². The minimum absolute atomic E-state index is 0.167. The van der Waals surface area contributed by atoms with Gasteiger partial charge >= 0.3 is 25.2 Å². The highest BCUT2D eigenvalue weighted by molar-refractivity contribution is 7.52. The van der Waals surface area contributed by atoms with Crippen LogP contribution in [0.1, 0.15) is 32.6 Å². The Labute approximate surface area is 247 Å². The average Bonchev–Trinajstić information content (AvgIpc) is 2.96. The maximum atomic E-state index is 14.0. The van der Waals surface area contributed by atoms with Gasteiger partial charge in [-0.05, 0) is 23.3 Å². The number of hydrogen-bond acceptors (Lipinski definition) is 5. The molecule has 234 valence electrons. The van der Waals surface area contributed by atoms with E-state index in [0.717, 1.165) is 48.5 Å². The van der Waals surface area contributed by atoms with Crippen molar-refractivity contribution in [1.29, 1.82) is 0 Å². The molecular formula is C28H26F4N3O8P. The minimum Gasteiger partial charge on any atom is -0.477 e. The molecule has 0 aromatic heterocycles. The fourth-order valence-corrected chi connectivity index (χ4v) is 4.48. The van der Waals surface area contributed by atoms with Gasteiger partial charge in [0, 0.05) is 29.5 Å². The van der Waals surface area contributed by atoms with Crippen LogP contribution in [0.4, 0.5) is 17.6 Å². The highest BCUT2D eigenvalue weighted by Gasteiger charge is 2.50. The van der Waals surface area contributed by atoms with Crippen molar-refractivity contribution in [2.24, 2.45) is 5.73 Å². The van der Waals surface area contributed by atoms with Gasteiger partial charge in [0.1, 0.15) is 12.1 Å². The van der Waals surface area contributed by atoms with Crippen LogP contribution in [-0.2, 0) is 43.4 Å². The zero-order valence-electron chi connectivity index (χ0n) is 22.5. The fourth-order valence-electron chi connectivity index (χ4n) is 3.99. The zero-order chi connectivity index (χ0) is 32.9. The minimum atomic E-state index is -5.82. The third-order valence-corrected chi connectivity index (χ3v) is 7.44. The summed E-state index contributed by atoms with van der Waals surface area (Å²) in [6.45, 7) is 0. The summed E-state index contributed by atoms with van der Waals surface area (Å²) in [5.74, 6) is -9.20. The molecule has 2 unspecified atom stereocenters. The van der Waals surface area contributed by atoms with Gasteiger partial charge in [-0.15, -0.1) is 0 Å². The summed E-state index contributed by atoms with van der Waals surface area (Å²) < 4.78 is 66.8. The molecule has 0 aliphatic carbocycles. The van der Waals surface area contributed by atoms with Crippen molar-refractivity contribution in [2.75, 3.05) is 0 Å². The molecule has 2 atom stereocenters. The van der Waals surface area contributed by atoms with Gasteiger partial charge in [-0.3, -0.25) is 18.9 Å². The summed E-state index contributed by atoms with van der Waals surface area (Å²) in [6.07, 6.45) is -0.623. The number of alkyl halides is 4. The first-order valence-corrected chi connectivity index (χ1v) is 14.2. The normalized spacial score (nSPS) is 13.4. The van der Waals surface area contributed by atoms with Gasteiger partial charge in [0.15, 0.2) is 0 Å². The van der Waals surface area contributed by atoms with Crippen molar-refractivity contribution >= 4 is 31.3 Å². The van der Waals surface area contributed by atoms with Crippen LogP contribution in [0.5, 0.6) is 0 Å². The van der Waals surface area contributed by atoms with Crippen LogP contribution in [0.25, 0.3) is 0 Å². The smallest absolute Gasteiger partial charge is 0.399 e. The van der Waals surface area contributed by atoms with E-state index in [0.29, 0.717) is 0 Å². The van der Waals surface area contributed by atoms with Crippen molar-refractivity contribution in [3.8, 4) is 0 Å². The number of benzene rings is 3. The van der Waals surface area contributed by atoms with E-state index in [9.17, 15) is 41.3 Å². The number of aliphatic carboxylic acids is 1. The number of carboxylic acid groups (broad SMARTS) is 1. The standard InChI is InChI=1S/C28H26F4N3O8P/c29-27(30,26(39)40)19-10-6-17(7-11-19)15-22(35-24(37)18-4-2-1-3-5-18)25(38)34-21(23(33)36)14-16-8-12-20(13-9-16)28(31,32)44(41,42)43/h1-13,21-22H,14-15H2,(H2,33,36)(H,34,38)(H,35,37)(H,39,40)(H2,41,42,43). The van der Waals surface area contributed by atoms with Crippen LogP contribution in [0, 0.1) is 0 Å². The van der Waals surface area contributed by atoms with Crippen molar-refractivity contribution < 1.29 is 56.2 Å². The van der Waals surface area contributed by atoms with E-state index in [1.165, 1.54) is 12.1 Å². The lowest BCUT2D eigenvalue weighted by Crippen LogP contribution is -2.54. The Bertz CT molecular complexity index is 1570. The molecule has 3 rings (SSSR count). The Morgan fingerprint density at radius 1 is 0.750 bits per heavy atom. The van der Waals surface area contributed by atoms with Gasteiger partial charge in [-0.1, -0.05) is 66.7 Å². The number of nitrogens with one attached hydrogen (secondary N) is 2. The molecule has 3 amide bonds. The third kappa shape index (κ3) is 8.07. The summed E-state index contributed by atoms with van der Waals surface area (Å²) in [7, 11) is -5.82. The van der Waals surface area contributed by atoms with E-state index in [4.69, 9.17) is 20.6 Å². The van der Waals surface area contributed by atoms with E-state index >= 15 is 0 Å². The number of carbonyl (C=O) groups excluding carboxylic acids is 3. The van der Waals surface area contributed by atoms with Gasteiger partial charge < -0.3 is 31.3 Å². The highest BCUT2D eigenvalue weighted by Crippen LogP contribution is 2.59. The second-order valence-corrected chi connectivity index (χ2v) is 11.3. The van der Waals surface area contributed by atoms with Crippen LogP contribution in [0.3, 0.4) is 0 Å². The summed E-state index contributed by atoms with van der Waals surface area (Å²) in [6, 6.07) is 12.4. The van der Waals surface area contributed by atoms with Gasteiger partial charge in [-0.2, -0.15) is 17.6 Å². The molecule has 0 saturated carbocycles. The molecular weight excluding hydrogens is 613 g/mol. The molecule has 44 heavy (non-hydrogen) atoms. The van der Waals surface area contributed by atoms with Crippen LogP contribution < -0.4 is 16.4 Å². The van der Waals surface area contributed by atoms with Crippen molar-refractivity contribution in [1.82, 2.24) is 10.6 Å². The molecule has 3 aromatic rings. The second kappa shape index (κ2) is 13.4. The fraction of sp³-hybridized carbons (Fsp3) is 0.214. The molecule has 0 saturated heterocycles. The molecule has 0 aliphatic rings. The number of primary amides is 1. The van der Waals surface area contributed by atoms with E-state index in [1.807, 2.05) is 0 Å². The lowest BCUT2D eigenvalue weighted by molar-refractivity contribution is -0.166. The first kappa shape index (κ1) is 33.9. The van der Waals surface area contributed by atoms with Crippen LogP contribution >= 0.6 is 7.60 Å². The van der Waals surface area contributed by atoms with E-state index < -0.39 is 66.1 Å². The molecule has 0 bridgehead atoms. The molecule has 16 heteroatoms. The van der Waals surface area contributed by atoms with E-state index in [1.54, 1.807) is 18.2 Å². The van der Waals surface area contributed by atoms with Gasteiger partial charge in [-0.25, -0.2) is 4.79 Å². The molecule has 11 nitrogen and oxygen atoms in total. The summed E-state index contributed by atoms with van der Waals surface area (Å²) >= 11 is 0. The number of carbonyl (C=O) groups is 4. The lowest BCUT2D eigenvalue weighted by atomic mass is 9.99. The molecule has 0 radical (unpaired) electrons. The Hall–Kier alpha value is -4.59. The molecule has 0 heterocycles. The molecule has 3 aromatic carbocycles. The van der Waals surface area contributed by atoms with Crippen molar-refractivity contribution in [2.45, 2.75) is 36.5 Å². The van der Waals surface area contributed by atoms with Gasteiger partial charge in [0.2, 0.25) is 11.8 Å². The van der Waals surface area contributed by atoms with Crippen LogP contribution in [0.2, 0.25) is 0 Å². The SMILES string of the molecule is NC(=O)C(Cc1ccc(C(F)(F)P(=O)(O)O)cc1)NC(=O)C(Cc1ccc(C(F)(F)C(=O)O)cc1)NC(=O)c1ccccc1. The first-order chi connectivity index (χ1) is 20.4. The monoisotopic (exact) mass is 639 g/mol. The predicted molar refractivity (Wildman–Crippen MR) is 147 cm³/mol. The maximum Gasteiger partial charge on any atom is 0.399 e. The predicted octanol–water partition coefficient (Wildman–Crippen LogP) is 2.64. The number of amides is 3. The Morgan fingerprint density at radius 3 is 1.68 bits per heavy atom. The number of halogens is 4. The Kier molecular flexibility index (Phi) is 10.3. The molecule has 0 fully saturated rings.